The van der Waals surface area contributed by atoms with Crippen LogP contribution in [0.15, 0.2) is 48.5 Å². The van der Waals surface area contributed by atoms with Crippen LogP contribution < -0.4 is 15.4 Å². The molecule has 2 N–H and O–H groups in total. The fraction of sp³-hybridized carbons (Fsp3) is 0.429. The molecule has 0 spiro atoms. The van der Waals surface area contributed by atoms with Gasteiger partial charge in [0.25, 0.3) is 0 Å². The molecule has 3 rings (SSSR count). The van der Waals surface area contributed by atoms with Crippen LogP contribution in [0, 0.1) is 6.92 Å². The Morgan fingerprint density at radius 2 is 2.00 bits per heavy atom. The van der Waals surface area contributed by atoms with E-state index in [1.807, 2.05) is 12.1 Å². The molecule has 0 bridgehead atoms. The molecule has 0 aliphatic carbocycles. The zero-order valence-corrected chi connectivity index (χ0v) is 15.3. The van der Waals surface area contributed by atoms with Crippen LogP contribution in [0.25, 0.3) is 0 Å². The lowest BCUT2D eigenvalue weighted by atomic mass is 10.1. The molecule has 25 heavy (non-hydrogen) atoms. The highest BCUT2D eigenvalue weighted by atomic mass is 16.5. The highest BCUT2D eigenvalue weighted by Gasteiger charge is 2.19. The quantitative estimate of drug-likeness (QED) is 0.812. The second kappa shape index (κ2) is 8.88. The van der Waals surface area contributed by atoms with Gasteiger partial charge in [-0.15, -0.1) is 0 Å². The number of hydrogen-bond acceptors (Lipinski definition) is 4. The fourth-order valence-electron chi connectivity index (χ4n) is 3.48. The molecule has 1 saturated heterocycles. The van der Waals surface area contributed by atoms with Crippen LogP contribution >= 0.6 is 0 Å². The average Bonchev–Trinajstić information content (AvgIpc) is 2.64. The topological polar surface area (TPSA) is 36.5 Å². The molecule has 2 aromatic rings. The van der Waals surface area contributed by atoms with E-state index in [0.717, 1.165) is 50.6 Å². The molecule has 4 nitrogen and oxygen atoms in total. The molecule has 4 heteroatoms. The molecule has 0 saturated carbocycles. The number of methoxy groups -OCH3 is 1. The summed E-state index contributed by atoms with van der Waals surface area (Å²) in [6.07, 6.45) is 1.11. The Morgan fingerprint density at radius 3 is 2.80 bits per heavy atom. The second-order valence-electron chi connectivity index (χ2n) is 6.72. The molecule has 2 aromatic carbocycles. The number of nitrogens with zero attached hydrogens (tertiary/aromatic N) is 1. The third-order valence-electron chi connectivity index (χ3n) is 4.90. The molecular formula is C21H29N3O. The van der Waals surface area contributed by atoms with E-state index in [9.17, 15) is 0 Å². The van der Waals surface area contributed by atoms with Crippen LogP contribution in [0.1, 0.15) is 17.5 Å². The maximum atomic E-state index is 5.39. The summed E-state index contributed by atoms with van der Waals surface area (Å²) in [7, 11) is 1.72. The van der Waals surface area contributed by atoms with Crippen molar-refractivity contribution in [1.29, 1.82) is 0 Å². The van der Waals surface area contributed by atoms with Crippen LogP contribution in [0.4, 0.5) is 5.69 Å². The molecule has 1 atom stereocenters. The Morgan fingerprint density at radius 1 is 1.16 bits per heavy atom. The molecule has 1 heterocycles. The normalized spacial score (nSPS) is 18.1. The second-order valence-corrected chi connectivity index (χ2v) is 6.72. The minimum absolute atomic E-state index is 0.538. The standard InChI is InChI=1S/C21H29N3O/c1-17-20(9-6-10-21(17)25-2)23-12-11-19-16-24(14-13-22-19)15-18-7-4-3-5-8-18/h3-10,19,22-23H,11-16H2,1-2H3/t19-/m1/s1. The summed E-state index contributed by atoms with van der Waals surface area (Å²) in [5.41, 5.74) is 3.73. The third kappa shape index (κ3) is 4.97. The van der Waals surface area contributed by atoms with Crippen molar-refractivity contribution in [2.24, 2.45) is 0 Å². The Labute approximate surface area is 151 Å². The first kappa shape index (κ1) is 17.8. The molecule has 1 aliphatic heterocycles. The Kier molecular flexibility index (Phi) is 6.31. The Hall–Kier alpha value is -2.04. The van der Waals surface area contributed by atoms with E-state index in [4.69, 9.17) is 4.74 Å². The molecule has 0 aromatic heterocycles. The van der Waals surface area contributed by atoms with Crippen molar-refractivity contribution in [2.45, 2.75) is 25.9 Å². The lowest BCUT2D eigenvalue weighted by molar-refractivity contribution is 0.189. The van der Waals surface area contributed by atoms with Gasteiger partial charge in [-0.1, -0.05) is 36.4 Å². The van der Waals surface area contributed by atoms with Gasteiger partial charge in [0.2, 0.25) is 0 Å². The molecule has 0 radical (unpaired) electrons. The van der Waals surface area contributed by atoms with Gasteiger partial charge in [0.15, 0.2) is 0 Å². The highest BCUT2D eigenvalue weighted by molar-refractivity contribution is 5.56. The number of rotatable bonds is 7. The van der Waals surface area contributed by atoms with Crippen LogP contribution in [-0.2, 0) is 6.54 Å². The van der Waals surface area contributed by atoms with Crippen molar-refractivity contribution >= 4 is 5.69 Å². The maximum Gasteiger partial charge on any atom is 0.123 e. The predicted octanol–water partition coefficient (Wildman–Crippen LogP) is 3.28. The average molecular weight is 339 g/mol. The fourth-order valence-corrected chi connectivity index (χ4v) is 3.48. The van der Waals surface area contributed by atoms with Crippen molar-refractivity contribution in [3.8, 4) is 5.75 Å². The van der Waals surface area contributed by atoms with Gasteiger partial charge < -0.3 is 15.4 Å². The summed E-state index contributed by atoms with van der Waals surface area (Å²) in [5, 5.41) is 7.21. The van der Waals surface area contributed by atoms with Gasteiger partial charge in [-0.3, -0.25) is 4.90 Å². The molecule has 0 amide bonds. The summed E-state index contributed by atoms with van der Waals surface area (Å²) < 4.78 is 5.39. The lowest BCUT2D eigenvalue weighted by Crippen LogP contribution is -2.50. The van der Waals surface area contributed by atoms with Crippen molar-refractivity contribution in [3.05, 3.63) is 59.7 Å². The number of nitrogens with one attached hydrogen (secondary N) is 2. The van der Waals surface area contributed by atoms with E-state index in [2.05, 4.69) is 58.9 Å². The highest BCUT2D eigenvalue weighted by Crippen LogP contribution is 2.24. The van der Waals surface area contributed by atoms with Gasteiger partial charge in [0.05, 0.1) is 7.11 Å². The number of anilines is 1. The van der Waals surface area contributed by atoms with Gasteiger partial charge in [-0.2, -0.15) is 0 Å². The number of benzene rings is 2. The van der Waals surface area contributed by atoms with Gasteiger partial charge >= 0.3 is 0 Å². The van der Waals surface area contributed by atoms with E-state index in [0.29, 0.717) is 6.04 Å². The Balaban J connectivity index is 1.47. The predicted molar refractivity (Wildman–Crippen MR) is 104 cm³/mol. The summed E-state index contributed by atoms with van der Waals surface area (Å²) in [4.78, 5) is 2.55. The van der Waals surface area contributed by atoms with E-state index in [1.54, 1.807) is 7.11 Å². The van der Waals surface area contributed by atoms with E-state index >= 15 is 0 Å². The van der Waals surface area contributed by atoms with Gasteiger partial charge in [-0.05, 0) is 31.0 Å². The minimum Gasteiger partial charge on any atom is -0.496 e. The molecule has 134 valence electrons. The third-order valence-corrected chi connectivity index (χ3v) is 4.90. The zero-order chi connectivity index (χ0) is 17.5. The lowest BCUT2D eigenvalue weighted by Gasteiger charge is -2.34. The number of hydrogen-bond donors (Lipinski definition) is 2. The molecule has 1 fully saturated rings. The van der Waals surface area contributed by atoms with E-state index in [1.165, 1.54) is 11.1 Å². The van der Waals surface area contributed by atoms with Gasteiger partial charge in [-0.25, -0.2) is 0 Å². The van der Waals surface area contributed by atoms with Crippen molar-refractivity contribution in [3.63, 3.8) is 0 Å². The van der Waals surface area contributed by atoms with Crippen molar-refractivity contribution in [2.75, 3.05) is 38.6 Å². The SMILES string of the molecule is COc1cccc(NCC[C@@H]2CN(Cc3ccccc3)CCN2)c1C. The smallest absolute Gasteiger partial charge is 0.123 e. The first-order valence-electron chi connectivity index (χ1n) is 9.13. The maximum absolute atomic E-state index is 5.39. The molecule has 0 unspecified atom stereocenters. The largest absolute Gasteiger partial charge is 0.496 e. The minimum atomic E-state index is 0.538. The number of piperazine rings is 1. The van der Waals surface area contributed by atoms with Crippen molar-refractivity contribution < 1.29 is 4.74 Å². The van der Waals surface area contributed by atoms with Crippen LogP contribution in [-0.4, -0.2) is 44.2 Å². The number of ether oxygens (including phenoxy) is 1. The molecular weight excluding hydrogens is 310 g/mol. The Bertz CT molecular complexity index is 659. The van der Waals surface area contributed by atoms with E-state index in [-0.39, 0.29) is 0 Å². The summed E-state index contributed by atoms with van der Waals surface area (Å²) >= 11 is 0. The summed E-state index contributed by atoms with van der Waals surface area (Å²) in [6, 6.07) is 17.4. The summed E-state index contributed by atoms with van der Waals surface area (Å²) in [6.45, 7) is 7.39. The van der Waals surface area contributed by atoms with Crippen LogP contribution in [0.3, 0.4) is 0 Å². The zero-order valence-electron chi connectivity index (χ0n) is 15.3. The van der Waals surface area contributed by atoms with Crippen LogP contribution in [0.5, 0.6) is 5.75 Å². The first-order valence-corrected chi connectivity index (χ1v) is 9.13. The monoisotopic (exact) mass is 339 g/mol. The molecule has 1 aliphatic rings. The van der Waals surface area contributed by atoms with Crippen molar-refractivity contribution in [1.82, 2.24) is 10.2 Å². The first-order chi connectivity index (χ1) is 12.3. The van der Waals surface area contributed by atoms with Gasteiger partial charge in [0, 0.05) is 50.0 Å². The van der Waals surface area contributed by atoms with E-state index < -0.39 is 0 Å². The van der Waals surface area contributed by atoms with Crippen LogP contribution in [0.2, 0.25) is 0 Å². The van der Waals surface area contributed by atoms with Gasteiger partial charge in [0.1, 0.15) is 5.75 Å². The summed E-state index contributed by atoms with van der Waals surface area (Å²) in [5.74, 6) is 0.940.